The first-order chi connectivity index (χ1) is 13.8. The van der Waals surface area contributed by atoms with E-state index in [0.717, 1.165) is 36.8 Å². The molecule has 3 aliphatic rings. The van der Waals surface area contributed by atoms with E-state index in [4.69, 9.17) is 15.9 Å². The summed E-state index contributed by atoms with van der Waals surface area (Å²) in [5, 5.41) is 17.5. The highest BCUT2D eigenvalue weighted by Crippen LogP contribution is 2.57. The number of nitriles is 1. The molecule has 6 heteroatoms. The molecule has 1 heterocycles. The highest BCUT2D eigenvalue weighted by Gasteiger charge is 2.53. The van der Waals surface area contributed by atoms with Crippen LogP contribution in [0.4, 0.5) is 0 Å². The lowest BCUT2D eigenvalue weighted by molar-refractivity contribution is -0.142. The molecule has 0 bridgehead atoms. The van der Waals surface area contributed by atoms with E-state index >= 15 is 0 Å². The second-order valence-corrected chi connectivity index (χ2v) is 9.81. The van der Waals surface area contributed by atoms with Crippen molar-refractivity contribution in [3.05, 3.63) is 34.9 Å². The van der Waals surface area contributed by atoms with Crippen LogP contribution in [0.3, 0.4) is 0 Å². The average molecular weight is 395 g/mol. The standard InChI is InChI=1S/C23H30N4O2/c1-15-4-3-7-23(9-15)10-17-6-5-16(11-24)8-18(17)19(23)20(28)27(21(25)26)12-22(2)13-29-14-22/h5-6,8,15,19H,3-4,7,9-10,12-14H2,1-2H3,(H3,25,26). The van der Waals surface area contributed by atoms with Gasteiger partial charge in [-0.2, -0.15) is 5.26 Å². The number of guanidine groups is 1. The van der Waals surface area contributed by atoms with Crippen LogP contribution in [0.15, 0.2) is 18.2 Å². The Morgan fingerprint density at radius 1 is 1.45 bits per heavy atom. The van der Waals surface area contributed by atoms with E-state index < -0.39 is 0 Å². The Morgan fingerprint density at radius 3 is 2.79 bits per heavy atom. The van der Waals surface area contributed by atoms with Gasteiger partial charge in [-0.05, 0) is 53.9 Å². The van der Waals surface area contributed by atoms with Gasteiger partial charge in [-0.15, -0.1) is 0 Å². The van der Waals surface area contributed by atoms with Gasteiger partial charge in [0.15, 0.2) is 5.96 Å². The lowest BCUT2D eigenvalue weighted by Gasteiger charge is -2.45. The number of nitrogens with two attached hydrogens (primary N) is 1. The molecule has 1 aromatic rings. The van der Waals surface area contributed by atoms with Gasteiger partial charge in [-0.1, -0.05) is 32.8 Å². The summed E-state index contributed by atoms with van der Waals surface area (Å²) < 4.78 is 5.35. The Labute approximate surface area is 172 Å². The first-order valence-electron chi connectivity index (χ1n) is 10.5. The van der Waals surface area contributed by atoms with Gasteiger partial charge >= 0.3 is 0 Å². The summed E-state index contributed by atoms with van der Waals surface area (Å²) in [6, 6.07) is 7.97. The summed E-state index contributed by atoms with van der Waals surface area (Å²) in [5.74, 6) is -0.0743. The molecule has 1 aromatic carbocycles. The average Bonchev–Trinajstić information content (AvgIpc) is 2.95. The number of nitrogens with one attached hydrogen (secondary N) is 1. The van der Waals surface area contributed by atoms with Crippen LogP contribution < -0.4 is 5.73 Å². The number of carbonyl (C=O) groups is 1. The molecule has 1 saturated carbocycles. The topological polar surface area (TPSA) is 103 Å². The quantitative estimate of drug-likeness (QED) is 0.607. The van der Waals surface area contributed by atoms with Crippen LogP contribution in [-0.2, 0) is 16.0 Å². The number of nitrogens with zero attached hydrogens (tertiary/aromatic N) is 2. The van der Waals surface area contributed by atoms with Crippen molar-refractivity contribution in [1.29, 1.82) is 10.7 Å². The van der Waals surface area contributed by atoms with E-state index in [0.29, 0.717) is 31.2 Å². The summed E-state index contributed by atoms with van der Waals surface area (Å²) >= 11 is 0. The predicted octanol–water partition coefficient (Wildman–Crippen LogP) is 3.15. The molecule has 6 nitrogen and oxygen atoms in total. The highest BCUT2D eigenvalue weighted by molar-refractivity contribution is 5.99. The van der Waals surface area contributed by atoms with Gasteiger partial charge in [-0.25, -0.2) is 0 Å². The minimum absolute atomic E-state index is 0.0893. The number of benzene rings is 1. The Kier molecular flexibility index (Phi) is 4.90. The lowest BCUT2D eigenvalue weighted by atomic mass is 9.63. The molecular weight excluding hydrogens is 364 g/mol. The van der Waals surface area contributed by atoms with Crippen LogP contribution >= 0.6 is 0 Å². The number of ether oxygens (including phenoxy) is 1. The molecule has 0 aromatic heterocycles. The van der Waals surface area contributed by atoms with Crippen molar-refractivity contribution in [3.63, 3.8) is 0 Å². The number of hydrogen-bond donors (Lipinski definition) is 2. The van der Waals surface area contributed by atoms with Crippen LogP contribution in [0, 0.1) is 33.5 Å². The van der Waals surface area contributed by atoms with E-state index in [1.807, 2.05) is 18.2 Å². The van der Waals surface area contributed by atoms with Crippen molar-refractivity contribution in [3.8, 4) is 6.07 Å². The van der Waals surface area contributed by atoms with Crippen molar-refractivity contribution in [2.24, 2.45) is 22.5 Å². The van der Waals surface area contributed by atoms with Gasteiger partial charge < -0.3 is 10.5 Å². The largest absolute Gasteiger partial charge is 0.380 e. The molecule has 2 fully saturated rings. The van der Waals surface area contributed by atoms with Crippen LogP contribution in [0.25, 0.3) is 0 Å². The maximum atomic E-state index is 13.9. The van der Waals surface area contributed by atoms with E-state index in [2.05, 4.69) is 19.9 Å². The molecule has 1 aliphatic heterocycles. The molecule has 3 N–H and O–H groups in total. The third-order valence-electron chi connectivity index (χ3n) is 7.11. The first kappa shape index (κ1) is 19.9. The van der Waals surface area contributed by atoms with E-state index in [-0.39, 0.29) is 28.6 Å². The predicted molar refractivity (Wildman–Crippen MR) is 110 cm³/mol. The van der Waals surface area contributed by atoms with E-state index in [9.17, 15) is 10.1 Å². The normalized spacial score (nSPS) is 29.6. The molecule has 3 atom stereocenters. The molecule has 1 saturated heterocycles. The van der Waals surface area contributed by atoms with Crippen LogP contribution in [-0.4, -0.2) is 36.5 Å². The Morgan fingerprint density at radius 2 is 2.21 bits per heavy atom. The summed E-state index contributed by atoms with van der Waals surface area (Å²) in [5.41, 5.74) is 8.31. The lowest BCUT2D eigenvalue weighted by Crippen LogP contribution is -2.55. The molecule has 0 radical (unpaired) electrons. The Hall–Kier alpha value is -2.39. The van der Waals surface area contributed by atoms with Crippen molar-refractivity contribution < 1.29 is 9.53 Å². The maximum absolute atomic E-state index is 13.9. The minimum Gasteiger partial charge on any atom is -0.380 e. The summed E-state index contributed by atoms with van der Waals surface area (Å²) in [4.78, 5) is 15.4. The zero-order valence-electron chi connectivity index (χ0n) is 17.3. The number of carbonyl (C=O) groups excluding carboxylic acids is 1. The highest BCUT2D eigenvalue weighted by atomic mass is 16.5. The molecular formula is C23H30N4O2. The van der Waals surface area contributed by atoms with Gasteiger partial charge in [0.1, 0.15) is 0 Å². The SMILES string of the molecule is CC1CCCC2(Cc3ccc(C#N)cc3C2C(=O)N(CC2(C)COC2)C(=N)N)C1. The van der Waals surface area contributed by atoms with Crippen molar-refractivity contribution in [1.82, 2.24) is 4.90 Å². The fourth-order valence-electron chi connectivity index (χ4n) is 5.78. The van der Waals surface area contributed by atoms with E-state index in [1.165, 1.54) is 11.3 Å². The summed E-state index contributed by atoms with van der Waals surface area (Å²) in [7, 11) is 0. The number of fused-ring (bicyclic) bond motifs is 1. The van der Waals surface area contributed by atoms with Crippen LogP contribution in [0.1, 0.15) is 62.1 Å². The molecule has 29 heavy (non-hydrogen) atoms. The Bertz CT molecular complexity index is 885. The smallest absolute Gasteiger partial charge is 0.237 e. The van der Waals surface area contributed by atoms with Gasteiger partial charge in [0, 0.05) is 12.0 Å². The maximum Gasteiger partial charge on any atom is 0.237 e. The van der Waals surface area contributed by atoms with Gasteiger partial charge in [0.05, 0.1) is 30.8 Å². The van der Waals surface area contributed by atoms with Crippen LogP contribution in [0.2, 0.25) is 0 Å². The number of rotatable bonds is 3. The fraction of sp³-hybridized carbons (Fsp3) is 0.609. The van der Waals surface area contributed by atoms with Crippen molar-refractivity contribution in [2.45, 2.75) is 51.9 Å². The van der Waals surface area contributed by atoms with Crippen molar-refractivity contribution in [2.75, 3.05) is 19.8 Å². The molecule has 4 rings (SSSR count). The summed E-state index contributed by atoms with van der Waals surface area (Å²) in [6.45, 7) is 5.88. The second-order valence-electron chi connectivity index (χ2n) is 9.81. The Balaban J connectivity index is 1.75. The summed E-state index contributed by atoms with van der Waals surface area (Å²) in [6.07, 6.45) is 5.15. The van der Waals surface area contributed by atoms with Gasteiger partial charge in [-0.3, -0.25) is 15.1 Å². The van der Waals surface area contributed by atoms with Gasteiger partial charge in [0.25, 0.3) is 0 Å². The molecule has 154 valence electrons. The molecule has 3 unspecified atom stereocenters. The monoisotopic (exact) mass is 394 g/mol. The zero-order valence-corrected chi connectivity index (χ0v) is 17.3. The number of amides is 1. The van der Waals surface area contributed by atoms with Crippen molar-refractivity contribution >= 4 is 11.9 Å². The third kappa shape index (κ3) is 3.42. The second kappa shape index (κ2) is 7.14. The van der Waals surface area contributed by atoms with Gasteiger partial charge in [0.2, 0.25) is 5.91 Å². The van der Waals surface area contributed by atoms with Crippen LogP contribution in [0.5, 0.6) is 0 Å². The zero-order chi connectivity index (χ0) is 20.8. The molecule has 1 amide bonds. The first-order valence-corrected chi connectivity index (χ1v) is 10.5. The molecule has 2 aliphatic carbocycles. The number of hydrogen-bond acceptors (Lipinski definition) is 4. The molecule has 1 spiro atoms. The fourth-order valence-corrected chi connectivity index (χ4v) is 5.78. The van der Waals surface area contributed by atoms with E-state index in [1.54, 1.807) is 0 Å². The third-order valence-corrected chi connectivity index (χ3v) is 7.11. The minimum atomic E-state index is -0.345.